The van der Waals surface area contributed by atoms with Crippen molar-refractivity contribution >= 4 is 5.91 Å². The lowest BCUT2D eigenvalue weighted by Crippen LogP contribution is -2.26. The van der Waals surface area contributed by atoms with E-state index in [-0.39, 0.29) is 5.91 Å². The smallest absolute Gasteiger partial charge is 0.262 e. The van der Waals surface area contributed by atoms with Crippen LogP contribution in [0, 0.1) is 13.3 Å². The van der Waals surface area contributed by atoms with E-state index >= 15 is 0 Å². The molecule has 58 valence electrons. The first kappa shape index (κ1) is 9.30. The van der Waals surface area contributed by atoms with Crippen molar-refractivity contribution in [2.45, 2.75) is 6.42 Å². The Bertz CT molecular complexity index is 93.6. The van der Waals surface area contributed by atoms with Crippen molar-refractivity contribution in [1.29, 1.82) is 0 Å². The molecular weight excluding hydrogens is 130 g/mol. The maximum Gasteiger partial charge on any atom is 0.262 e. The molecule has 0 aromatic carbocycles. The van der Waals surface area contributed by atoms with Crippen LogP contribution in [0.2, 0.25) is 0 Å². The summed E-state index contributed by atoms with van der Waals surface area (Å²) in [6, 6.07) is 0. The number of ether oxygens (including phenoxy) is 1. The number of methoxy groups -OCH3 is 1. The monoisotopic (exact) mass is 143 g/mol. The molecule has 0 aliphatic rings. The van der Waals surface area contributed by atoms with Gasteiger partial charge in [0.25, 0.3) is 5.91 Å². The second kappa shape index (κ2) is 6.42. The molecule has 0 rings (SSSR count). The topological polar surface area (TPSA) is 38.3 Å². The van der Waals surface area contributed by atoms with Gasteiger partial charge in [0.1, 0.15) is 6.42 Å². The van der Waals surface area contributed by atoms with Gasteiger partial charge in [0.2, 0.25) is 0 Å². The molecule has 0 radical (unpaired) electrons. The summed E-state index contributed by atoms with van der Waals surface area (Å²) in [4.78, 5) is 10.7. The zero-order valence-corrected chi connectivity index (χ0v) is 6.22. The van der Waals surface area contributed by atoms with Gasteiger partial charge in [0.15, 0.2) is 0 Å². The van der Waals surface area contributed by atoms with Crippen molar-refractivity contribution < 1.29 is 9.53 Å². The number of hydrogen-bond donors (Lipinski definition) is 1. The molecule has 0 saturated heterocycles. The number of rotatable bonds is 5. The Morgan fingerprint density at radius 3 is 3.00 bits per heavy atom. The van der Waals surface area contributed by atoms with Crippen molar-refractivity contribution in [1.82, 2.24) is 5.32 Å². The number of amides is 1. The second-order valence-electron chi connectivity index (χ2n) is 1.84. The van der Waals surface area contributed by atoms with Gasteiger partial charge in [-0.2, -0.15) is 0 Å². The third kappa shape index (κ3) is 5.44. The first-order valence-corrected chi connectivity index (χ1v) is 3.17. The summed E-state index contributed by atoms with van der Waals surface area (Å²) in [7, 11) is 1.60. The summed E-state index contributed by atoms with van der Waals surface area (Å²) >= 11 is 0. The van der Waals surface area contributed by atoms with E-state index < -0.39 is 0 Å². The Kier molecular flexibility index (Phi) is 5.97. The Hall–Kier alpha value is -0.700. The van der Waals surface area contributed by atoms with E-state index in [1.807, 2.05) is 0 Å². The number of carbonyl (C=O) groups is 1. The maximum atomic E-state index is 10.7. The minimum Gasteiger partial charge on any atom is -0.383 e. The van der Waals surface area contributed by atoms with E-state index in [1.165, 1.54) is 0 Å². The number of hydrogen-bond acceptors (Lipinski definition) is 2. The van der Waals surface area contributed by atoms with Crippen molar-refractivity contribution in [3.63, 3.8) is 0 Å². The molecule has 0 bridgehead atoms. The summed E-state index contributed by atoms with van der Waals surface area (Å²) in [6.07, 6.45) is 1.95. The standard InChI is InChI=1S/C7H13NO2/c1-3-4-7(9)8-5-6-10-2/h3H,1,4-6H2,2H3,(H,8,9). The number of nitrogens with one attached hydrogen (secondary N) is 1. The van der Waals surface area contributed by atoms with Gasteiger partial charge < -0.3 is 10.1 Å². The van der Waals surface area contributed by atoms with Gasteiger partial charge in [-0.25, -0.2) is 0 Å². The molecule has 0 spiro atoms. The summed E-state index contributed by atoms with van der Waals surface area (Å²) in [6.45, 7) is 4.57. The highest BCUT2D eigenvalue weighted by molar-refractivity contribution is 5.76. The van der Waals surface area contributed by atoms with Crippen molar-refractivity contribution in [2.75, 3.05) is 20.3 Å². The highest BCUT2D eigenvalue weighted by Crippen LogP contribution is 1.82. The molecule has 0 fully saturated rings. The van der Waals surface area contributed by atoms with Gasteiger partial charge in [-0.15, -0.1) is 6.92 Å². The molecule has 0 aromatic rings. The van der Waals surface area contributed by atoms with Crippen LogP contribution in [0.4, 0.5) is 0 Å². The quantitative estimate of drug-likeness (QED) is 0.440. The van der Waals surface area contributed by atoms with Crippen LogP contribution < -0.4 is 5.32 Å². The average molecular weight is 143 g/mol. The molecule has 0 aliphatic heterocycles. The summed E-state index contributed by atoms with van der Waals surface area (Å²) in [5.41, 5.74) is 0. The Morgan fingerprint density at radius 1 is 1.80 bits per heavy atom. The molecule has 0 saturated carbocycles. The molecule has 10 heavy (non-hydrogen) atoms. The lowest BCUT2D eigenvalue weighted by Gasteiger charge is -1.99. The fraction of sp³-hybridized carbons (Fsp3) is 0.571. The van der Waals surface area contributed by atoms with E-state index in [1.54, 1.807) is 13.5 Å². The molecule has 0 aromatic heterocycles. The molecule has 3 heteroatoms. The highest BCUT2D eigenvalue weighted by Gasteiger charge is 1.98. The van der Waals surface area contributed by atoms with Gasteiger partial charge in [0.05, 0.1) is 6.61 Å². The molecule has 1 amide bonds. The van der Waals surface area contributed by atoms with Crippen molar-refractivity contribution in [2.24, 2.45) is 0 Å². The van der Waals surface area contributed by atoms with Crippen molar-refractivity contribution in [3.8, 4) is 0 Å². The first-order valence-electron chi connectivity index (χ1n) is 3.17. The van der Waals surface area contributed by atoms with Gasteiger partial charge in [0, 0.05) is 13.7 Å². The SMILES string of the molecule is [CH2-][CH+]CC(=O)NCCOC. The molecular formula is C7H13NO2. The maximum absolute atomic E-state index is 10.7. The average Bonchev–Trinajstić information content (AvgIpc) is 1.89. The fourth-order valence-electron chi connectivity index (χ4n) is 0.496. The van der Waals surface area contributed by atoms with Gasteiger partial charge in [-0.1, -0.05) is 6.42 Å². The van der Waals surface area contributed by atoms with Crippen LogP contribution in [0.1, 0.15) is 6.42 Å². The molecule has 0 heterocycles. The van der Waals surface area contributed by atoms with E-state index in [0.29, 0.717) is 19.6 Å². The van der Waals surface area contributed by atoms with E-state index in [2.05, 4.69) is 12.2 Å². The Morgan fingerprint density at radius 2 is 2.50 bits per heavy atom. The van der Waals surface area contributed by atoms with Gasteiger partial charge in [-0.3, -0.25) is 4.79 Å². The Labute approximate surface area is 61.8 Å². The summed E-state index contributed by atoms with van der Waals surface area (Å²) in [5, 5.41) is 2.65. The van der Waals surface area contributed by atoms with Crippen LogP contribution >= 0.6 is 0 Å². The molecule has 1 N–H and O–H groups in total. The van der Waals surface area contributed by atoms with Crippen LogP contribution in [0.25, 0.3) is 0 Å². The van der Waals surface area contributed by atoms with Crippen LogP contribution in [0.5, 0.6) is 0 Å². The van der Waals surface area contributed by atoms with Gasteiger partial charge >= 0.3 is 0 Å². The van der Waals surface area contributed by atoms with E-state index in [9.17, 15) is 4.79 Å². The first-order chi connectivity index (χ1) is 4.81. The van der Waals surface area contributed by atoms with Crippen LogP contribution in [0.3, 0.4) is 0 Å². The number of carbonyl (C=O) groups excluding carboxylic acids is 1. The minimum absolute atomic E-state index is 0.00736. The normalized spacial score (nSPS) is 9.00. The van der Waals surface area contributed by atoms with E-state index in [4.69, 9.17) is 4.74 Å². The second-order valence-corrected chi connectivity index (χ2v) is 1.84. The Balaban J connectivity index is 3.05. The third-order valence-corrected chi connectivity index (χ3v) is 0.958. The lowest BCUT2D eigenvalue weighted by atomic mass is 10.3. The van der Waals surface area contributed by atoms with Crippen LogP contribution in [-0.4, -0.2) is 26.2 Å². The highest BCUT2D eigenvalue weighted by atomic mass is 16.5. The third-order valence-electron chi connectivity index (χ3n) is 0.958. The lowest BCUT2D eigenvalue weighted by molar-refractivity contribution is -0.120. The molecule has 0 aliphatic carbocycles. The zero-order valence-electron chi connectivity index (χ0n) is 6.22. The largest absolute Gasteiger partial charge is 0.383 e. The van der Waals surface area contributed by atoms with Crippen molar-refractivity contribution in [3.05, 3.63) is 13.3 Å². The van der Waals surface area contributed by atoms with Gasteiger partial charge in [-0.05, 0) is 0 Å². The molecule has 0 unspecified atom stereocenters. The summed E-state index contributed by atoms with van der Waals surface area (Å²) in [5.74, 6) is -0.00736. The zero-order chi connectivity index (χ0) is 7.82. The van der Waals surface area contributed by atoms with Crippen LogP contribution in [0.15, 0.2) is 0 Å². The fourth-order valence-corrected chi connectivity index (χ4v) is 0.496. The predicted molar refractivity (Wildman–Crippen MR) is 39.2 cm³/mol. The molecule has 3 nitrogen and oxygen atoms in total. The van der Waals surface area contributed by atoms with Crippen LogP contribution in [-0.2, 0) is 9.53 Å². The molecule has 0 atom stereocenters. The minimum atomic E-state index is -0.00736. The van der Waals surface area contributed by atoms with E-state index in [0.717, 1.165) is 0 Å². The summed E-state index contributed by atoms with van der Waals surface area (Å²) < 4.78 is 4.73. The predicted octanol–water partition coefficient (Wildman–Crippen LogP) is 0.177.